The van der Waals surface area contributed by atoms with Crippen molar-refractivity contribution >= 4 is 11.9 Å². The summed E-state index contributed by atoms with van der Waals surface area (Å²) in [6, 6.07) is 0.942. The van der Waals surface area contributed by atoms with Gasteiger partial charge in [0.2, 0.25) is 11.7 Å². The van der Waals surface area contributed by atoms with E-state index >= 15 is 0 Å². The van der Waals surface area contributed by atoms with Crippen LogP contribution in [0, 0.1) is 29.6 Å². The maximum atomic E-state index is 12.4. The Labute approximate surface area is 135 Å². The highest BCUT2D eigenvalue weighted by Crippen LogP contribution is 2.35. The van der Waals surface area contributed by atoms with Crippen LogP contribution in [0.1, 0.15) is 32.5 Å². The zero-order chi connectivity index (χ0) is 17.0. The number of hydrogen-bond acceptors (Lipinski definition) is 4. The van der Waals surface area contributed by atoms with E-state index < -0.39 is 12.0 Å². The summed E-state index contributed by atoms with van der Waals surface area (Å²) in [6.07, 6.45) is 4.59. The first-order valence-corrected chi connectivity index (χ1v) is 7.68. The number of aliphatic carboxylic acids is 1. The summed E-state index contributed by atoms with van der Waals surface area (Å²) in [5.41, 5.74) is 0. The predicted octanol–water partition coefficient (Wildman–Crippen LogP) is 1.42. The Bertz CT molecular complexity index is 627. The third-order valence-corrected chi connectivity index (χ3v) is 4.09. The summed E-state index contributed by atoms with van der Waals surface area (Å²) in [5, 5.41) is 9.27. The van der Waals surface area contributed by atoms with Gasteiger partial charge in [0.05, 0.1) is 0 Å². The summed E-state index contributed by atoms with van der Waals surface area (Å²) in [7, 11) is 1.57. The fourth-order valence-electron chi connectivity index (χ4n) is 2.79. The van der Waals surface area contributed by atoms with Crippen LogP contribution in [0.5, 0.6) is 0 Å². The first-order valence-electron chi connectivity index (χ1n) is 7.68. The third kappa shape index (κ3) is 4.07. The van der Waals surface area contributed by atoms with Gasteiger partial charge >= 0.3 is 5.97 Å². The van der Waals surface area contributed by atoms with E-state index in [2.05, 4.69) is 21.8 Å². The molecule has 0 aromatic carbocycles. The van der Waals surface area contributed by atoms with Gasteiger partial charge in [0.1, 0.15) is 6.04 Å². The Morgan fingerprint density at radius 1 is 1.30 bits per heavy atom. The van der Waals surface area contributed by atoms with Gasteiger partial charge in [0, 0.05) is 31.3 Å². The number of aromatic nitrogens is 2. The summed E-state index contributed by atoms with van der Waals surface area (Å²) in [4.78, 5) is 33.1. The molecule has 2 rings (SSSR count). The first kappa shape index (κ1) is 16.9. The molecule has 0 aliphatic heterocycles. The molecule has 1 aliphatic rings. The fraction of sp³-hybridized carbons (Fsp3) is 0.529. The largest absolute Gasteiger partial charge is 0.480 e. The molecular weight excluding hydrogens is 294 g/mol. The minimum Gasteiger partial charge on any atom is -0.480 e. The number of carbonyl (C=O) groups is 2. The molecule has 23 heavy (non-hydrogen) atoms. The minimum absolute atomic E-state index is 0.111. The monoisotopic (exact) mass is 315 g/mol. The van der Waals surface area contributed by atoms with Gasteiger partial charge in [-0.1, -0.05) is 19.8 Å². The fourth-order valence-corrected chi connectivity index (χ4v) is 2.79. The van der Waals surface area contributed by atoms with E-state index in [1.165, 1.54) is 4.90 Å². The Morgan fingerprint density at radius 3 is 2.43 bits per heavy atom. The normalized spacial score (nSPS) is 20.9. The zero-order valence-electron chi connectivity index (χ0n) is 13.6. The quantitative estimate of drug-likeness (QED) is 0.850. The summed E-state index contributed by atoms with van der Waals surface area (Å²) < 4.78 is 0. The summed E-state index contributed by atoms with van der Waals surface area (Å²) >= 11 is 0. The number of nitrogens with zero attached hydrogens (tertiary/aromatic N) is 3. The number of rotatable bonds is 4. The van der Waals surface area contributed by atoms with Gasteiger partial charge in [-0.2, -0.15) is 0 Å². The number of carbonyl (C=O) groups excluding carboxylic acids is 1. The molecule has 0 spiro atoms. The van der Waals surface area contributed by atoms with Gasteiger partial charge in [-0.05, 0) is 30.7 Å². The van der Waals surface area contributed by atoms with Crippen LogP contribution in [-0.2, 0) is 9.59 Å². The Hall–Kier alpha value is -2.42. The van der Waals surface area contributed by atoms with Crippen molar-refractivity contribution in [1.29, 1.82) is 0 Å². The van der Waals surface area contributed by atoms with Crippen molar-refractivity contribution in [2.75, 3.05) is 7.05 Å². The maximum absolute atomic E-state index is 12.4. The van der Waals surface area contributed by atoms with Crippen molar-refractivity contribution in [2.24, 2.45) is 17.8 Å². The lowest BCUT2D eigenvalue weighted by molar-refractivity contribution is -0.154. The van der Waals surface area contributed by atoms with Crippen molar-refractivity contribution in [2.45, 2.75) is 32.7 Å². The number of hydrogen-bond donors (Lipinski definition) is 1. The van der Waals surface area contributed by atoms with Crippen molar-refractivity contribution in [3.05, 3.63) is 24.3 Å². The molecule has 1 aliphatic carbocycles. The van der Waals surface area contributed by atoms with Crippen LogP contribution in [0.4, 0.5) is 0 Å². The molecule has 1 fully saturated rings. The van der Waals surface area contributed by atoms with E-state index in [1.54, 1.807) is 39.4 Å². The van der Waals surface area contributed by atoms with E-state index in [1.807, 2.05) is 0 Å². The predicted molar refractivity (Wildman–Crippen MR) is 84.2 cm³/mol. The van der Waals surface area contributed by atoms with Crippen LogP contribution in [0.2, 0.25) is 0 Å². The molecule has 1 heterocycles. The van der Waals surface area contributed by atoms with Gasteiger partial charge in [-0.25, -0.2) is 14.8 Å². The van der Waals surface area contributed by atoms with Crippen LogP contribution >= 0.6 is 0 Å². The van der Waals surface area contributed by atoms with Gasteiger partial charge in [-0.3, -0.25) is 4.79 Å². The highest BCUT2D eigenvalue weighted by molar-refractivity contribution is 5.85. The highest BCUT2D eigenvalue weighted by Gasteiger charge is 2.39. The average Bonchev–Trinajstić information content (AvgIpc) is 2.45. The Balaban J connectivity index is 1.90. The molecule has 6 heteroatoms. The second kappa shape index (κ2) is 7.23. The summed E-state index contributed by atoms with van der Waals surface area (Å²) in [5.74, 6) is 5.24. The Kier molecular flexibility index (Phi) is 5.32. The third-order valence-electron chi connectivity index (χ3n) is 4.09. The average molecular weight is 315 g/mol. The number of likely N-dealkylation sites (N-methyl/N-ethyl adjacent to an activating group) is 1. The number of amides is 1. The molecule has 1 saturated carbocycles. The van der Waals surface area contributed by atoms with Crippen LogP contribution in [-0.4, -0.2) is 44.9 Å². The van der Waals surface area contributed by atoms with Crippen molar-refractivity contribution < 1.29 is 14.7 Å². The SMILES string of the molecule is CC(C)[C@@H](C(=O)O)N(C)C(=O)C1CC(C#Cc2ncccn2)C1. The Morgan fingerprint density at radius 2 is 1.91 bits per heavy atom. The number of carboxylic acids is 1. The minimum atomic E-state index is -0.965. The molecule has 0 radical (unpaired) electrons. The topological polar surface area (TPSA) is 83.4 Å². The smallest absolute Gasteiger partial charge is 0.326 e. The molecule has 1 amide bonds. The molecule has 0 unspecified atom stereocenters. The second-order valence-electron chi connectivity index (χ2n) is 6.18. The standard InChI is InChI=1S/C17H21N3O3/c1-11(2)15(17(22)23)20(3)16(21)13-9-12(10-13)5-6-14-18-7-4-8-19-14/h4,7-8,11-13,15H,9-10H2,1-3H3,(H,22,23)/t12?,13?,15-/m0/s1. The van der Waals surface area contributed by atoms with Gasteiger partial charge in [0.15, 0.2) is 0 Å². The molecule has 0 bridgehead atoms. The molecule has 1 atom stereocenters. The van der Waals surface area contributed by atoms with E-state index in [9.17, 15) is 14.7 Å². The molecule has 0 saturated heterocycles. The van der Waals surface area contributed by atoms with Crippen LogP contribution in [0.3, 0.4) is 0 Å². The lowest BCUT2D eigenvalue weighted by atomic mass is 9.74. The van der Waals surface area contributed by atoms with Crippen molar-refractivity contribution in [3.8, 4) is 11.8 Å². The maximum Gasteiger partial charge on any atom is 0.326 e. The molecule has 1 N–H and O–H groups in total. The zero-order valence-corrected chi connectivity index (χ0v) is 13.6. The summed E-state index contributed by atoms with van der Waals surface area (Å²) in [6.45, 7) is 3.61. The van der Waals surface area contributed by atoms with Crippen molar-refractivity contribution in [1.82, 2.24) is 14.9 Å². The molecule has 6 nitrogen and oxygen atoms in total. The van der Waals surface area contributed by atoms with Crippen LogP contribution < -0.4 is 0 Å². The van der Waals surface area contributed by atoms with Crippen LogP contribution in [0.15, 0.2) is 18.5 Å². The van der Waals surface area contributed by atoms with Gasteiger partial charge in [0.25, 0.3) is 0 Å². The second-order valence-corrected chi connectivity index (χ2v) is 6.18. The molecular formula is C17H21N3O3. The van der Waals surface area contributed by atoms with Crippen molar-refractivity contribution in [3.63, 3.8) is 0 Å². The van der Waals surface area contributed by atoms with E-state index in [-0.39, 0.29) is 23.7 Å². The lowest BCUT2D eigenvalue weighted by Crippen LogP contribution is -2.50. The molecule has 122 valence electrons. The first-order chi connectivity index (χ1) is 10.9. The van der Waals surface area contributed by atoms with E-state index in [4.69, 9.17) is 0 Å². The van der Waals surface area contributed by atoms with Gasteiger partial charge in [-0.15, -0.1) is 0 Å². The van der Waals surface area contributed by atoms with E-state index in [0.29, 0.717) is 18.7 Å². The van der Waals surface area contributed by atoms with Crippen LogP contribution in [0.25, 0.3) is 0 Å². The molecule has 1 aromatic rings. The number of carboxylic acid groups (broad SMARTS) is 1. The van der Waals surface area contributed by atoms with Gasteiger partial charge < -0.3 is 10.0 Å². The highest BCUT2D eigenvalue weighted by atomic mass is 16.4. The molecule has 1 aromatic heterocycles. The van der Waals surface area contributed by atoms with E-state index in [0.717, 1.165) is 0 Å². The lowest BCUT2D eigenvalue weighted by Gasteiger charge is -2.36.